The monoisotopic (exact) mass is 277 g/mol. The molecule has 0 N–H and O–H groups in total. The third kappa shape index (κ3) is 2.61. The minimum absolute atomic E-state index is 0.352. The van der Waals surface area contributed by atoms with Crippen molar-refractivity contribution in [1.29, 1.82) is 0 Å². The van der Waals surface area contributed by atoms with Crippen molar-refractivity contribution in [3.8, 4) is 0 Å². The van der Waals surface area contributed by atoms with E-state index in [1.807, 2.05) is 0 Å². The number of halogens is 1. The predicted octanol–water partition coefficient (Wildman–Crippen LogP) is 1.24. The molecule has 0 bridgehead atoms. The topological polar surface area (TPSA) is 54.3 Å². The highest BCUT2D eigenvalue weighted by Gasteiger charge is 2.19. The minimum Gasteiger partial charge on any atom is -0.347 e. The van der Waals surface area contributed by atoms with Crippen molar-refractivity contribution in [2.24, 2.45) is 0 Å². The molecule has 0 amide bonds. The zero-order valence-electron chi connectivity index (χ0n) is 11.8. The summed E-state index contributed by atoms with van der Waals surface area (Å²) in [6, 6.07) is 5.33. The molecule has 1 aromatic heterocycles. The van der Waals surface area contributed by atoms with Gasteiger partial charge in [-0.3, -0.25) is 4.79 Å². The van der Waals surface area contributed by atoms with Crippen LogP contribution in [0.1, 0.15) is 10.4 Å². The number of carbonyl (C=O) groups excluding carboxylic acids is 1. The van der Waals surface area contributed by atoms with Crippen molar-refractivity contribution < 1.29 is 9.18 Å². The molecule has 2 aromatic rings. The summed E-state index contributed by atoms with van der Waals surface area (Å²) in [5.74, 6) is 0.114. The molecule has 0 fully saturated rings. The Morgan fingerprint density at radius 1 is 1.10 bits per heavy atom. The lowest BCUT2D eigenvalue weighted by atomic mass is 10.2. The normalized spacial score (nSPS) is 10.4. The molecule has 7 heteroatoms. The average molecular weight is 277 g/mol. The van der Waals surface area contributed by atoms with Crippen molar-refractivity contribution in [2.75, 3.05) is 38.0 Å². The molecule has 0 saturated carbocycles. The molecule has 0 aliphatic carbocycles. The molecule has 0 unspecified atom stereocenters. The maximum atomic E-state index is 12.9. The lowest BCUT2D eigenvalue weighted by molar-refractivity contribution is 0.0946. The molecule has 0 saturated heterocycles. The van der Waals surface area contributed by atoms with E-state index < -0.39 is 0 Å². The van der Waals surface area contributed by atoms with Crippen LogP contribution in [0.15, 0.2) is 24.3 Å². The molecular formula is C13H16FN5O. The molecule has 0 aliphatic heterocycles. The van der Waals surface area contributed by atoms with Crippen LogP contribution in [0, 0.1) is 5.82 Å². The second-order valence-electron chi connectivity index (χ2n) is 4.72. The second kappa shape index (κ2) is 5.28. The van der Waals surface area contributed by atoms with Crippen molar-refractivity contribution in [1.82, 2.24) is 14.8 Å². The second-order valence-corrected chi connectivity index (χ2v) is 4.72. The Morgan fingerprint density at radius 2 is 1.70 bits per heavy atom. The van der Waals surface area contributed by atoms with Crippen molar-refractivity contribution in [2.45, 2.75) is 0 Å². The number of rotatable bonds is 3. The fourth-order valence-electron chi connectivity index (χ4n) is 1.62. The number of benzene rings is 1. The van der Waals surface area contributed by atoms with Gasteiger partial charge in [-0.05, 0) is 24.3 Å². The van der Waals surface area contributed by atoms with Crippen molar-refractivity contribution >= 4 is 17.8 Å². The Labute approximate surface area is 116 Å². The van der Waals surface area contributed by atoms with Gasteiger partial charge in [0.25, 0.3) is 5.91 Å². The summed E-state index contributed by atoms with van der Waals surface area (Å²) in [6.45, 7) is 0. The maximum Gasteiger partial charge on any atom is 0.281 e. The van der Waals surface area contributed by atoms with Gasteiger partial charge < -0.3 is 9.80 Å². The maximum absolute atomic E-state index is 12.9. The number of hydrogen-bond acceptors (Lipinski definition) is 5. The highest BCUT2D eigenvalue weighted by molar-refractivity contribution is 5.97. The summed E-state index contributed by atoms with van der Waals surface area (Å²) in [5, 5.41) is 4.18. The van der Waals surface area contributed by atoms with Crippen LogP contribution in [0.3, 0.4) is 0 Å². The molecule has 0 aliphatic rings. The van der Waals surface area contributed by atoms with Crippen LogP contribution in [0.4, 0.5) is 16.3 Å². The molecule has 6 nitrogen and oxygen atoms in total. The van der Waals surface area contributed by atoms with Crippen LogP contribution in [-0.2, 0) is 0 Å². The third-order valence-electron chi connectivity index (χ3n) is 2.66. The fraction of sp³-hybridized carbons (Fsp3) is 0.308. The number of carbonyl (C=O) groups is 1. The Bertz CT molecular complexity index is 618. The first-order valence-corrected chi connectivity index (χ1v) is 6.02. The number of anilines is 2. The van der Waals surface area contributed by atoms with Gasteiger partial charge in [0.05, 0.1) is 0 Å². The highest BCUT2D eigenvalue weighted by Crippen LogP contribution is 2.16. The zero-order chi connectivity index (χ0) is 14.9. The van der Waals surface area contributed by atoms with Crippen molar-refractivity contribution in [3.05, 3.63) is 35.6 Å². The van der Waals surface area contributed by atoms with Crippen LogP contribution in [0.25, 0.3) is 0 Å². The van der Waals surface area contributed by atoms with Crippen LogP contribution >= 0.6 is 0 Å². The Hall–Kier alpha value is -2.44. The SMILES string of the molecule is CN(C)c1nc(N(C)C)n(C(=O)c2ccc(F)cc2)n1. The first-order chi connectivity index (χ1) is 9.40. The summed E-state index contributed by atoms with van der Waals surface area (Å²) >= 11 is 0. The van der Waals surface area contributed by atoms with E-state index >= 15 is 0 Å². The van der Waals surface area contributed by atoms with Crippen LogP contribution in [-0.4, -0.2) is 48.9 Å². The highest BCUT2D eigenvalue weighted by atomic mass is 19.1. The summed E-state index contributed by atoms with van der Waals surface area (Å²) in [7, 11) is 7.14. The quantitative estimate of drug-likeness (QED) is 0.845. The van der Waals surface area contributed by atoms with Gasteiger partial charge >= 0.3 is 0 Å². The summed E-state index contributed by atoms with van der Waals surface area (Å²) in [5.41, 5.74) is 0.352. The van der Waals surface area contributed by atoms with Crippen LogP contribution < -0.4 is 9.80 Å². The Kier molecular flexibility index (Phi) is 3.69. The van der Waals surface area contributed by atoms with Gasteiger partial charge in [-0.25, -0.2) is 4.39 Å². The van der Waals surface area contributed by atoms with Gasteiger partial charge in [0.1, 0.15) is 5.82 Å². The van der Waals surface area contributed by atoms with Gasteiger partial charge in [0.15, 0.2) is 0 Å². The van der Waals surface area contributed by atoms with E-state index in [2.05, 4.69) is 10.1 Å². The molecule has 0 atom stereocenters. The standard InChI is InChI=1S/C13H16FN5O/c1-17(2)12-15-13(18(3)4)19(16-12)11(20)9-5-7-10(14)8-6-9/h5-8H,1-4H3. The van der Waals surface area contributed by atoms with E-state index in [0.717, 1.165) is 0 Å². The largest absolute Gasteiger partial charge is 0.347 e. The molecule has 0 spiro atoms. The van der Waals surface area contributed by atoms with E-state index in [4.69, 9.17) is 0 Å². The molecular weight excluding hydrogens is 261 g/mol. The van der Waals surface area contributed by atoms with Gasteiger partial charge in [0.2, 0.25) is 11.9 Å². The summed E-state index contributed by atoms with van der Waals surface area (Å²) in [6.07, 6.45) is 0. The molecule has 2 rings (SSSR count). The first-order valence-electron chi connectivity index (χ1n) is 6.02. The fourth-order valence-corrected chi connectivity index (χ4v) is 1.62. The zero-order valence-corrected chi connectivity index (χ0v) is 11.8. The third-order valence-corrected chi connectivity index (χ3v) is 2.66. The molecule has 1 aromatic carbocycles. The van der Waals surface area contributed by atoms with E-state index in [1.165, 1.54) is 28.9 Å². The smallest absolute Gasteiger partial charge is 0.281 e. The molecule has 1 heterocycles. The van der Waals surface area contributed by atoms with E-state index in [0.29, 0.717) is 17.5 Å². The van der Waals surface area contributed by atoms with E-state index in [1.54, 1.807) is 38.0 Å². The number of nitrogens with zero attached hydrogens (tertiary/aromatic N) is 5. The number of aromatic nitrogens is 3. The Balaban J connectivity index is 2.45. The average Bonchev–Trinajstić information content (AvgIpc) is 2.84. The van der Waals surface area contributed by atoms with E-state index in [9.17, 15) is 9.18 Å². The summed E-state index contributed by atoms with van der Waals surface area (Å²) < 4.78 is 14.1. The molecule has 106 valence electrons. The lowest BCUT2D eigenvalue weighted by Crippen LogP contribution is -2.21. The Morgan fingerprint density at radius 3 is 2.20 bits per heavy atom. The lowest BCUT2D eigenvalue weighted by Gasteiger charge is -2.11. The van der Waals surface area contributed by atoms with Crippen molar-refractivity contribution in [3.63, 3.8) is 0 Å². The predicted molar refractivity (Wildman–Crippen MR) is 74.8 cm³/mol. The van der Waals surface area contributed by atoms with Gasteiger partial charge in [-0.2, -0.15) is 9.67 Å². The number of hydrogen-bond donors (Lipinski definition) is 0. The first kappa shape index (κ1) is 14.0. The van der Waals surface area contributed by atoms with Gasteiger partial charge in [0, 0.05) is 33.8 Å². The minimum atomic E-state index is -0.387. The van der Waals surface area contributed by atoms with E-state index in [-0.39, 0.29) is 11.7 Å². The summed E-state index contributed by atoms with van der Waals surface area (Å²) in [4.78, 5) is 20.1. The van der Waals surface area contributed by atoms with Crippen LogP contribution in [0.5, 0.6) is 0 Å². The van der Waals surface area contributed by atoms with Crippen LogP contribution in [0.2, 0.25) is 0 Å². The van der Waals surface area contributed by atoms with Gasteiger partial charge in [-0.1, -0.05) is 0 Å². The molecule has 0 radical (unpaired) electrons. The van der Waals surface area contributed by atoms with Gasteiger partial charge in [-0.15, -0.1) is 5.10 Å². The molecule has 20 heavy (non-hydrogen) atoms.